The lowest BCUT2D eigenvalue weighted by molar-refractivity contribution is 0.136. The van der Waals surface area contributed by atoms with Crippen molar-refractivity contribution in [1.82, 2.24) is 5.32 Å². The molecule has 20 heavy (non-hydrogen) atoms. The number of nitrogens with one attached hydrogen (secondary N) is 1. The SMILES string of the molecule is O=C(N[C@@H]1CCCS(=O)(=O)C1)OCc1ccc(Cl)cc1. The number of hydrogen-bond acceptors (Lipinski definition) is 4. The highest BCUT2D eigenvalue weighted by molar-refractivity contribution is 7.91. The highest BCUT2D eigenvalue weighted by Crippen LogP contribution is 2.13. The van der Waals surface area contributed by atoms with Crippen LogP contribution in [0.2, 0.25) is 5.02 Å². The van der Waals surface area contributed by atoms with Crippen LogP contribution in [0.15, 0.2) is 24.3 Å². The molecule has 0 aromatic heterocycles. The zero-order valence-electron chi connectivity index (χ0n) is 10.8. The van der Waals surface area contributed by atoms with Crippen LogP contribution in [0.4, 0.5) is 4.79 Å². The third-order valence-corrected chi connectivity index (χ3v) is 5.14. The van der Waals surface area contributed by atoms with Crippen LogP contribution in [0.3, 0.4) is 0 Å². The fraction of sp³-hybridized carbons (Fsp3) is 0.462. The first-order chi connectivity index (χ1) is 9.44. The predicted octanol–water partition coefficient (Wildman–Crippen LogP) is 2.14. The van der Waals surface area contributed by atoms with E-state index >= 15 is 0 Å². The summed E-state index contributed by atoms with van der Waals surface area (Å²) in [6, 6.07) is 6.60. The molecule has 1 heterocycles. The largest absolute Gasteiger partial charge is 0.445 e. The summed E-state index contributed by atoms with van der Waals surface area (Å²) < 4.78 is 27.9. The third kappa shape index (κ3) is 4.68. The van der Waals surface area contributed by atoms with E-state index in [1.54, 1.807) is 24.3 Å². The number of amides is 1. The van der Waals surface area contributed by atoms with E-state index in [9.17, 15) is 13.2 Å². The molecule has 2 rings (SSSR count). The summed E-state index contributed by atoms with van der Waals surface area (Å²) >= 11 is 5.75. The van der Waals surface area contributed by atoms with Crippen LogP contribution in [0, 0.1) is 0 Å². The van der Waals surface area contributed by atoms with Crippen LogP contribution in [0.25, 0.3) is 0 Å². The monoisotopic (exact) mass is 317 g/mol. The number of ether oxygens (including phenoxy) is 1. The van der Waals surface area contributed by atoms with E-state index in [1.165, 1.54) is 0 Å². The quantitative estimate of drug-likeness (QED) is 0.927. The average molecular weight is 318 g/mol. The van der Waals surface area contributed by atoms with Gasteiger partial charge in [-0.15, -0.1) is 0 Å². The predicted molar refractivity (Wildman–Crippen MR) is 76.4 cm³/mol. The van der Waals surface area contributed by atoms with Crippen molar-refractivity contribution in [2.24, 2.45) is 0 Å². The molecule has 0 saturated carbocycles. The number of alkyl carbamates (subject to hydrolysis) is 1. The van der Waals surface area contributed by atoms with Crippen molar-refractivity contribution in [2.45, 2.75) is 25.5 Å². The van der Waals surface area contributed by atoms with Crippen molar-refractivity contribution in [3.05, 3.63) is 34.9 Å². The molecule has 1 fully saturated rings. The number of benzene rings is 1. The Morgan fingerprint density at radius 3 is 2.70 bits per heavy atom. The minimum absolute atomic E-state index is 0.0109. The van der Waals surface area contributed by atoms with Gasteiger partial charge in [-0.1, -0.05) is 23.7 Å². The summed E-state index contributed by atoms with van der Waals surface area (Å²) in [5.74, 6) is 0.189. The molecule has 5 nitrogen and oxygen atoms in total. The molecule has 7 heteroatoms. The van der Waals surface area contributed by atoms with E-state index in [1.807, 2.05) is 0 Å². The molecule has 0 aliphatic carbocycles. The van der Waals surface area contributed by atoms with E-state index in [0.29, 0.717) is 17.9 Å². The number of halogens is 1. The molecule has 1 atom stereocenters. The van der Waals surface area contributed by atoms with Gasteiger partial charge in [-0.2, -0.15) is 0 Å². The van der Waals surface area contributed by atoms with Crippen LogP contribution >= 0.6 is 11.6 Å². The van der Waals surface area contributed by atoms with Crippen molar-refractivity contribution >= 4 is 27.5 Å². The van der Waals surface area contributed by atoms with E-state index in [-0.39, 0.29) is 24.2 Å². The van der Waals surface area contributed by atoms with E-state index < -0.39 is 15.9 Å². The van der Waals surface area contributed by atoms with Crippen molar-refractivity contribution in [3.8, 4) is 0 Å². The van der Waals surface area contributed by atoms with Gasteiger partial charge in [-0.25, -0.2) is 13.2 Å². The lowest BCUT2D eigenvalue weighted by Crippen LogP contribution is -2.43. The van der Waals surface area contributed by atoms with Crippen LogP contribution in [0.5, 0.6) is 0 Å². The highest BCUT2D eigenvalue weighted by atomic mass is 35.5. The Balaban J connectivity index is 1.79. The van der Waals surface area contributed by atoms with Gasteiger partial charge in [0, 0.05) is 11.1 Å². The van der Waals surface area contributed by atoms with E-state index in [0.717, 1.165) is 5.56 Å². The van der Waals surface area contributed by atoms with Crippen LogP contribution < -0.4 is 5.32 Å². The topological polar surface area (TPSA) is 72.5 Å². The molecule has 0 radical (unpaired) electrons. The first kappa shape index (κ1) is 15.1. The molecule has 0 bridgehead atoms. The standard InChI is InChI=1S/C13H16ClNO4S/c14-11-5-3-10(4-6-11)8-19-13(16)15-12-2-1-7-20(17,18)9-12/h3-6,12H,1-2,7-9H2,(H,15,16)/t12-/m1/s1. The summed E-state index contributed by atoms with van der Waals surface area (Å²) in [7, 11) is -3.03. The number of hydrogen-bond donors (Lipinski definition) is 1. The minimum atomic E-state index is -3.03. The zero-order valence-corrected chi connectivity index (χ0v) is 12.4. The lowest BCUT2D eigenvalue weighted by atomic mass is 10.2. The Morgan fingerprint density at radius 1 is 1.35 bits per heavy atom. The van der Waals surface area contributed by atoms with Crippen LogP contribution in [-0.4, -0.2) is 32.1 Å². The molecular formula is C13H16ClNO4S. The van der Waals surface area contributed by atoms with Gasteiger partial charge >= 0.3 is 6.09 Å². The molecule has 1 saturated heterocycles. The van der Waals surface area contributed by atoms with Crippen molar-refractivity contribution in [2.75, 3.05) is 11.5 Å². The molecular weight excluding hydrogens is 302 g/mol. The van der Waals surface area contributed by atoms with Crippen LogP contribution in [0.1, 0.15) is 18.4 Å². The van der Waals surface area contributed by atoms with Gasteiger partial charge in [-0.05, 0) is 30.5 Å². The van der Waals surface area contributed by atoms with Gasteiger partial charge in [0.15, 0.2) is 9.84 Å². The fourth-order valence-corrected chi connectivity index (χ4v) is 3.84. The smallest absolute Gasteiger partial charge is 0.407 e. The molecule has 0 spiro atoms. The molecule has 110 valence electrons. The van der Waals surface area contributed by atoms with Crippen molar-refractivity contribution in [1.29, 1.82) is 0 Å². The number of carbonyl (C=O) groups is 1. The van der Waals surface area contributed by atoms with E-state index in [4.69, 9.17) is 16.3 Å². The summed E-state index contributed by atoms with van der Waals surface area (Å²) in [6.45, 7) is 0.127. The summed E-state index contributed by atoms with van der Waals surface area (Å²) in [6.07, 6.45) is 0.641. The fourth-order valence-electron chi connectivity index (χ4n) is 2.07. The lowest BCUT2D eigenvalue weighted by Gasteiger charge is -2.22. The second-order valence-electron chi connectivity index (χ2n) is 4.80. The Morgan fingerprint density at radius 2 is 2.05 bits per heavy atom. The molecule has 1 aliphatic rings. The Kier molecular flexibility index (Phi) is 4.88. The molecule has 0 unspecified atom stereocenters. The number of carbonyl (C=O) groups excluding carboxylic acids is 1. The average Bonchev–Trinajstić information content (AvgIpc) is 2.37. The zero-order chi connectivity index (χ0) is 14.6. The maximum absolute atomic E-state index is 11.6. The summed E-state index contributed by atoms with van der Waals surface area (Å²) in [5.41, 5.74) is 0.820. The highest BCUT2D eigenvalue weighted by Gasteiger charge is 2.26. The molecule has 1 aromatic rings. The van der Waals surface area contributed by atoms with Gasteiger partial charge in [0.2, 0.25) is 0 Å². The van der Waals surface area contributed by atoms with Crippen molar-refractivity contribution < 1.29 is 17.9 Å². The van der Waals surface area contributed by atoms with Gasteiger partial charge in [0.05, 0.1) is 11.5 Å². The van der Waals surface area contributed by atoms with Crippen molar-refractivity contribution in [3.63, 3.8) is 0 Å². The maximum Gasteiger partial charge on any atom is 0.407 e. The molecule has 1 aliphatic heterocycles. The summed E-state index contributed by atoms with van der Waals surface area (Å²) in [5, 5.41) is 3.21. The second kappa shape index (κ2) is 6.45. The Hall–Kier alpha value is -1.27. The Labute approximate surface area is 123 Å². The number of sulfone groups is 1. The molecule has 1 aromatic carbocycles. The van der Waals surface area contributed by atoms with E-state index in [2.05, 4.69) is 5.32 Å². The first-order valence-electron chi connectivity index (χ1n) is 6.33. The normalized spacial score (nSPS) is 21.1. The molecule has 1 N–H and O–H groups in total. The summed E-state index contributed by atoms with van der Waals surface area (Å²) in [4.78, 5) is 11.6. The minimum Gasteiger partial charge on any atom is -0.445 e. The van der Waals surface area contributed by atoms with Crippen LogP contribution in [-0.2, 0) is 21.2 Å². The third-order valence-electron chi connectivity index (χ3n) is 3.07. The first-order valence-corrected chi connectivity index (χ1v) is 8.53. The van der Waals surface area contributed by atoms with Gasteiger partial charge in [0.1, 0.15) is 6.61 Å². The van der Waals surface area contributed by atoms with Gasteiger partial charge in [-0.3, -0.25) is 0 Å². The number of rotatable bonds is 3. The Bertz CT molecular complexity index is 571. The van der Waals surface area contributed by atoms with Gasteiger partial charge < -0.3 is 10.1 Å². The van der Waals surface area contributed by atoms with Gasteiger partial charge in [0.25, 0.3) is 0 Å². The maximum atomic E-state index is 11.6. The second-order valence-corrected chi connectivity index (χ2v) is 7.47. The molecule has 1 amide bonds.